The van der Waals surface area contributed by atoms with Crippen LogP contribution in [0, 0.1) is 6.92 Å². The topological polar surface area (TPSA) is 68.0 Å². The number of hydrogen-bond acceptors (Lipinski definition) is 4. The van der Waals surface area contributed by atoms with Crippen molar-refractivity contribution in [3.8, 4) is 0 Å². The molecule has 0 unspecified atom stereocenters. The molecular formula is C10H8ClN3O2. The lowest BCUT2D eigenvalue weighted by atomic mass is 10.2. The smallest absolute Gasteiger partial charge is 0.260 e. The molecule has 0 saturated heterocycles. The SMILES string of the molecule is Cc1oncc1C(=O)Nc1ccnc(Cl)c1. The lowest BCUT2D eigenvalue weighted by molar-refractivity contribution is 0.102. The van der Waals surface area contributed by atoms with Gasteiger partial charge in [-0.25, -0.2) is 4.98 Å². The normalized spacial score (nSPS) is 10.1. The van der Waals surface area contributed by atoms with Crippen molar-refractivity contribution in [2.45, 2.75) is 6.92 Å². The molecule has 6 heteroatoms. The van der Waals surface area contributed by atoms with E-state index >= 15 is 0 Å². The fourth-order valence-electron chi connectivity index (χ4n) is 1.20. The summed E-state index contributed by atoms with van der Waals surface area (Å²) in [5.41, 5.74) is 0.971. The van der Waals surface area contributed by atoms with Gasteiger partial charge in [0.05, 0.1) is 6.20 Å². The molecule has 2 rings (SSSR count). The molecule has 1 N–H and O–H groups in total. The molecule has 0 radical (unpaired) electrons. The average Bonchev–Trinajstić information content (AvgIpc) is 2.64. The van der Waals surface area contributed by atoms with Gasteiger partial charge in [0.2, 0.25) is 0 Å². The van der Waals surface area contributed by atoms with Crippen molar-refractivity contribution in [3.05, 3.63) is 41.0 Å². The first-order valence-electron chi connectivity index (χ1n) is 4.51. The second-order valence-electron chi connectivity index (χ2n) is 3.12. The van der Waals surface area contributed by atoms with E-state index < -0.39 is 0 Å². The molecule has 16 heavy (non-hydrogen) atoms. The summed E-state index contributed by atoms with van der Waals surface area (Å²) in [6.07, 6.45) is 2.88. The van der Waals surface area contributed by atoms with Crippen LogP contribution in [0.5, 0.6) is 0 Å². The molecule has 1 amide bonds. The molecule has 0 atom stereocenters. The third kappa shape index (κ3) is 2.20. The number of aromatic nitrogens is 2. The summed E-state index contributed by atoms with van der Waals surface area (Å²) in [4.78, 5) is 15.5. The molecule has 0 aliphatic carbocycles. The van der Waals surface area contributed by atoms with Crippen LogP contribution in [0.4, 0.5) is 5.69 Å². The summed E-state index contributed by atoms with van der Waals surface area (Å²) in [7, 11) is 0. The Balaban J connectivity index is 2.17. The van der Waals surface area contributed by atoms with E-state index in [4.69, 9.17) is 16.1 Å². The van der Waals surface area contributed by atoms with Crippen LogP contribution in [0.15, 0.2) is 29.0 Å². The number of halogens is 1. The second kappa shape index (κ2) is 4.32. The molecule has 0 bridgehead atoms. The molecule has 2 heterocycles. The van der Waals surface area contributed by atoms with Gasteiger partial charge in [-0.3, -0.25) is 4.79 Å². The third-order valence-corrected chi connectivity index (χ3v) is 2.19. The minimum atomic E-state index is -0.291. The minimum absolute atomic E-state index is 0.291. The summed E-state index contributed by atoms with van der Waals surface area (Å²) in [6, 6.07) is 3.20. The molecule has 0 saturated carbocycles. The van der Waals surface area contributed by atoms with Crippen LogP contribution in [-0.2, 0) is 0 Å². The summed E-state index contributed by atoms with van der Waals surface area (Å²) in [5.74, 6) is 0.179. The van der Waals surface area contributed by atoms with E-state index in [1.165, 1.54) is 12.4 Å². The molecule has 0 aliphatic rings. The van der Waals surface area contributed by atoms with Crippen molar-refractivity contribution >= 4 is 23.2 Å². The van der Waals surface area contributed by atoms with Crippen molar-refractivity contribution in [2.24, 2.45) is 0 Å². The van der Waals surface area contributed by atoms with Gasteiger partial charge in [0.15, 0.2) is 0 Å². The van der Waals surface area contributed by atoms with Gasteiger partial charge in [0.25, 0.3) is 5.91 Å². The number of anilines is 1. The largest absolute Gasteiger partial charge is 0.361 e. The standard InChI is InChI=1S/C10H8ClN3O2/c1-6-8(5-13-16-6)10(15)14-7-2-3-12-9(11)4-7/h2-5H,1H3,(H,12,14,15). The number of carbonyl (C=O) groups is 1. The zero-order valence-electron chi connectivity index (χ0n) is 8.40. The van der Waals surface area contributed by atoms with Crippen LogP contribution >= 0.6 is 11.6 Å². The highest BCUT2D eigenvalue weighted by molar-refractivity contribution is 6.29. The fraction of sp³-hybridized carbons (Fsp3) is 0.100. The second-order valence-corrected chi connectivity index (χ2v) is 3.50. The molecule has 0 fully saturated rings. The van der Waals surface area contributed by atoms with E-state index in [1.54, 1.807) is 19.1 Å². The highest BCUT2D eigenvalue weighted by Gasteiger charge is 2.12. The van der Waals surface area contributed by atoms with Gasteiger partial charge in [-0.1, -0.05) is 16.8 Å². The summed E-state index contributed by atoms with van der Waals surface area (Å²) in [5, 5.41) is 6.51. The summed E-state index contributed by atoms with van der Waals surface area (Å²) < 4.78 is 4.80. The number of pyridine rings is 1. The molecule has 2 aromatic heterocycles. The van der Waals surface area contributed by atoms with E-state index in [0.29, 0.717) is 22.2 Å². The molecule has 82 valence electrons. The van der Waals surface area contributed by atoms with Crippen LogP contribution in [0.3, 0.4) is 0 Å². The Hall–Kier alpha value is -1.88. The zero-order chi connectivity index (χ0) is 11.5. The van der Waals surface area contributed by atoms with E-state index in [9.17, 15) is 4.79 Å². The predicted molar refractivity (Wildman–Crippen MR) is 58.4 cm³/mol. The quantitative estimate of drug-likeness (QED) is 0.814. The summed E-state index contributed by atoms with van der Waals surface area (Å²) >= 11 is 5.69. The first-order chi connectivity index (χ1) is 7.66. The van der Waals surface area contributed by atoms with Crippen molar-refractivity contribution < 1.29 is 9.32 Å². The van der Waals surface area contributed by atoms with Gasteiger partial charge in [-0.05, 0) is 19.1 Å². The van der Waals surface area contributed by atoms with Crippen molar-refractivity contribution in [3.63, 3.8) is 0 Å². The van der Waals surface area contributed by atoms with E-state index in [1.807, 2.05) is 0 Å². The minimum Gasteiger partial charge on any atom is -0.361 e. The Morgan fingerprint density at radius 1 is 1.56 bits per heavy atom. The summed E-state index contributed by atoms with van der Waals surface area (Å²) in [6.45, 7) is 1.67. The maximum Gasteiger partial charge on any atom is 0.260 e. The van der Waals surface area contributed by atoms with Gasteiger partial charge in [-0.2, -0.15) is 0 Å². The lowest BCUT2D eigenvalue weighted by Gasteiger charge is -2.03. The Bertz CT molecular complexity index is 524. The lowest BCUT2D eigenvalue weighted by Crippen LogP contribution is -2.12. The maximum atomic E-state index is 11.7. The number of rotatable bonds is 2. The number of nitrogens with zero attached hydrogens (tertiary/aromatic N) is 2. The molecule has 0 spiro atoms. The first kappa shape index (κ1) is 10.6. The van der Waals surface area contributed by atoms with Gasteiger partial charge < -0.3 is 9.84 Å². The van der Waals surface area contributed by atoms with Gasteiger partial charge >= 0.3 is 0 Å². The Kier molecular flexibility index (Phi) is 2.87. The highest BCUT2D eigenvalue weighted by Crippen LogP contribution is 2.14. The number of nitrogens with one attached hydrogen (secondary N) is 1. The highest BCUT2D eigenvalue weighted by atomic mass is 35.5. The molecular weight excluding hydrogens is 230 g/mol. The maximum absolute atomic E-state index is 11.7. The van der Waals surface area contributed by atoms with Crippen LogP contribution in [0.2, 0.25) is 5.15 Å². The predicted octanol–water partition coefficient (Wildman–Crippen LogP) is 2.28. The van der Waals surface area contributed by atoms with Crippen molar-refractivity contribution in [1.82, 2.24) is 10.1 Å². The zero-order valence-corrected chi connectivity index (χ0v) is 9.15. The third-order valence-electron chi connectivity index (χ3n) is 1.98. The van der Waals surface area contributed by atoms with Gasteiger partial charge in [0.1, 0.15) is 16.5 Å². The molecule has 2 aromatic rings. The van der Waals surface area contributed by atoms with Crippen LogP contribution in [0.1, 0.15) is 16.1 Å². The van der Waals surface area contributed by atoms with Gasteiger partial charge in [0, 0.05) is 11.9 Å². The number of carbonyl (C=O) groups excluding carboxylic acids is 1. The monoisotopic (exact) mass is 237 g/mol. The molecule has 0 aromatic carbocycles. The molecule has 0 aliphatic heterocycles. The van der Waals surface area contributed by atoms with E-state index in [-0.39, 0.29) is 5.91 Å². The first-order valence-corrected chi connectivity index (χ1v) is 4.89. The van der Waals surface area contributed by atoms with E-state index in [2.05, 4.69) is 15.5 Å². The molecule has 5 nitrogen and oxygen atoms in total. The van der Waals surface area contributed by atoms with Crippen LogP contribution in [-0.4, -0.2) is 16.0 Å². The number of aryl methyl sites for hydroxylation is 1. The van der Waals surface area contributed by atoms with Gasteiger partial charge in [-0.15, -0.1) is 0 Å². The Labute approximate surface area is 96.4 Å². The Morgan fingerprint density at radius 3 is 3.00 bits per heavy atom. The van der Waals surface area contributed by atoms with Crippen molar-refractivity contribution in [2.75, 3.05) is 5.32 Å². The van der Waals surface area contributed by atoms with Crippen LogP contribution < -0.4 is 5.32 Å². The van der Waals surface area contributed by atoms with Crippen molar-refractivity contribution in [1.29, 1.82) is 0 Å². The number of hydrogen-bond donors (Lipinski definition) is 1. The Morgan fingerprint density at radius 2 is 2.38 bits per heavy atom. The average molecular weight is 238 g/mol. The van der Waals surface area contributed by atoms with E-state index in [0.717, 1.165) is 0 Å². The number of amides is 1. The fourth-order valence-corrected chi connectivity index (χ4v) is 1.37. The van der Waals surface area contributed by atoms with Crippen LogP contribution in [0.25, 0.3) is 0 Å².